The van der Waals surface area contributed by atoms with Crippen molar-refractivity contribution in [3.05, 3.63) is 17.2 Å². The van der Waals surface area contributed by atoms with Gasteiger partial charge in [0.2, 0.25) is 5.75 Å². The van der Waals surface area contributed by atoms with Crippen molar-refractivity contribution >= 4 is 6.29 Å². The van der Waals surface area contributed by atoms with Gasteiger partial charge in [0.15, 0.2) is 17.8 Å². The fourth-order valence-electron chi connectivity index (χ4n) is 0.974. The third-order valence-electron chi connectivity index (χ3n) is 1.67. The molecule has 5 heteroatoms. The highest BCUT2D eigenvalue weighted by Gasteiger charge is 2.15. The summed E-state index contributed by atoms with van der Waals surface area (Å²) in [5.74, 6) is -2.06. The number of hydrogen-bond donors (Lipinski definition) is 4. The van der Waals surface area contributed by atoms with Gasteiger partial charge in [-0.3, -0.25) is 4.79 Å². The number of aliphatic hydroxyl groups is 1. The van der Waals surface area contributed by atoms with Crippen molar-refractivity contribution in [3.8, 4) is 17.2 Å². The molecule has 0 bridgehead atoms. The molecule has 0 amide bonds. The first-order valence-electron chi connectivity index (χ1n) is 3.44. The standard InChI is InChI=1S/C8H8O5/c9-2-4-1-6(11)8(13)7(12)5(4)3-10/h1,3,9,11-13H,2H2. The minimum absolute atomic E-state index is 0.0581. The largest absolute Gasteiger partial charge is 0.504 e. The summed E-state index contributed by atoms with van der Waals surface area (Å²) in [5.41, 5.74) is -0.166. The monoisotopic (exact) mass is 184 g/mol. The van der Waals surface area contributed by atoms with Crippen molar-refractivity contribution in [1.29, 1.82) is 0 Å². The molecule has 0 unspecified atom stereocenters. The van der Waals surface area contributed by atoms with Crippen LogP contribution < -0.4 is 0 Å². The van der Waals surface area contributed by atoms with E-state index in [1.807, 2.05) is 0 Å². The van der Waals surface area contributed by atoms with Crippen molar-refractivity contribution in [1.82, 2.24) is 0 Å². The lowest BCUT2D eigenvalue weighted by Crippen LogP contribution is -1.93. The molecule has 0 spiro atoms. The lowest BCUT2D eigenvalue weighted by atomic mass is 10.1. The molecule has 0 saturated carbocycles. The van der Waals surface area contributed by atoms with E-state index in [0.717, 1.165) is 6.07 Å². The lowest BCUT2D eigenvalue weighted by Gasteiger charge is -2.07. The first-order chi connectivity index (χ1) is 6.11. The highest BCUT2D eigenvalue weighted by Crippen LogP contribution is 2.38. The number of aromatic hydroxyl groups is 3. The molecule has 0 radical (unpaired) electrons. The molecular weight excluding hydrogens is 176 g/mol. The van der Waals surface area contributed by atoms with Gasteiger partial charge in [-0.05, 0) is 11.6 Å². The highest BCUT2D eigenvalue weighted by molar-refractivity contribution is 5.84. The minimum Gasteiger partial charge on any atom is -0.504 e. The number of carbonyl (C=O) groups is 1. The summed E-state index contributed by atoms with van der Waals surface area (Å²) in [6.07, 6.45) is 0.292. The first kappa shape index (κ1) is 9.34. The number of rotatable bonds is 2. The van der Waals surface area contributed by atoms with Gasteiger partial charge in [0.1, 0.15) is 0 Å². The number of hydrogen-bond acceptors (Lipinski definition) is 5. The van der Waals surface area contributed by atoms with Crippen LogP contribution in [0.2, 0.25) is 0 Å². The Morgan fingerprint density at radius 3 is 2.31 bits per heavy atom. The molecule has 0 aliphatic rings. The number of aldehydes is 1. The Labute approximate surface area is 73.5 Å². The van der Waals surface area contributed by atoms with Crippen molar-refractivity contribution in [2.45, 2.75) is 6.61 Å². The molecule has 70 valence electrons. The smallest absolute Gasteiger partial charge is 0.201 e. The molecule has 5 nitrogen and oxygen atoms in total. The highest BCUT2D eigenvalue weighted by atomic mass is 16.3. The molecule has 13 heavy (non-hydrogen) atoms. The predicted molar refractivity (Wildman–Crippen MR) is 42.7 cm³/mol. The Morgan fingerprint density at radius 2 is 1.85 bits per heavy atom. The average Bonchev–Trinajstić information content (AvgIpc) is 2.13. The predicted octanol–water partition coefficient (Wildman–Crippen LogP) is 0.108. The van der Waals surface area contributed by atoms with E-state index < -0.39 is 23.9 Å². The van der Waals surface area contributed by atoms with Crippen LogP contribution in [0, 0.1) is 0 Å². The molecule has 1 aromatic carbocycles. The minimum atomic E-state index is -0.765. The van der Waals surface area contributed by atoms with Gasteiger partial charge in [-0.25, -0.2) is 0 Å². The van der Waals surface area contributed by atoms with Crippen LogP contribution >= 0.6 is 0 Å². The maximum absolute atomic E-state index is 10.4. The Balaban J connectivity index is 3.47. The van der Waals surface area contributed by atoms with E-state index in [0.29, 0.717) is 6.29 Å². The number of carbonyl (C=O) groups excluding carboxylic acids is 1. The van der Waals surface area contributed by atoms with Crippen molar-refractivity contribution < 1.29 is 25.2 Å². The Kier molecular flexibility index (Phi) is 2.39. The Morgan fingerprint density at radius 1 is 1.23 bits per heavy atom. The van der Waals surface area contributed by atoms with Gasteiger partial charge >= 0.3 is 0 Å². The van der Waals surface area contributed by atoms with Gasteiger partial charge in [-0.1, -0.05) is 0 Å². The molecule has 0 aliphatic heterocycles. The van der Waals surface area contributed by atoms with Crippen LogP contribution in [0.25, 0.3) is 0 Å². The molecule has 4 N–H and O–H groups in total. The van der Waals surface area contributed by atoms with E-state index in [1.54, 1.807) is 0 Å². The summed E-state index contributed by atoms with van der Waals surface area (Å²) in [7, 11) is 0. The van der Waals surface area contributed by atoms with Crippen molar-refractivity contribution in [2.24, 2.45) is 0 Å². The SMILES string of the molecule is O=Cc1c(CO)cc(O)c(O)c1O. The van der Waals surface area contributed by atoms with Crippen LogP contribution in [-0.2, 0) is 6.61 Å². The summed E-state index contributed by atoms with van der Waals surface area (Å²) in [6.45, 7) is -0.504. The number of phenols is 3. The second kappa shape index (κ2) is 3.32. The molecule has 0 aromatic heterocycles. The third-order valence-corrected chi connectivity index (χ3v) is 1.67. The summed E-state index contributed by atoms with van der Waals surface area (Å²) < 4.78 is 0. The molecule has 1 rings (SSSR count). The molecular formula is C8H8O5. The van der Waals surface area contributed by atoms with Crippen LogP contribution in [0.15, 0.2) is 6.07 Å². The van der Waals surface area contributed by atoms with Crippen LogP contribution in [0.3, 0.4) is 0 Å². The molecule has 1 aromatic rings. The van der Waals surface area contributed by atoms with Gasteiger partial charge in [0, 0.05) is 0 Å². The van der Waals surface area contributed by atoms with E-state index in [4.69, 9.17) is 20.4 Å². The van der Waals surface area contributed by atoms with Crippen molar-refractivity contribution in [3.63, 3.8) is 0 Å². The first-order valence-corrected chi connectivity index (χ1v) is 3.44. The maximum Gasteiger partial charge on any atom is 0.201 e. The van der Waals surface area contributed by atoms with Crippen LogP contribution in [0.1, 0.15) is 15.9 Å². The van der Waals surface area contributed by atoms with Gasteiger partial charge < -0.3 is 20.4 Å². The van der Waals surface area contributed by atoms with Crippen LogP contribution in [-0.4, -0.2) is 26.7 Å². The zero-order valence-electron chi connectivity index (χ0n) is 6.56. The molecule has 0 heterocycles. The average molecular weight is 184 g/mol. The summed E-state index contributed by atoms with van der Waals surface area (Å²) in [6, 6.07) is 1.01. The fourth-order valence-corrected chi connectivity index (χ4v) is 0.974. The summed E-state index contributed by atoms with van der Waals surface area (Å²) in [4.78, 5) is 10.4. The second-order valence-electron chi connectivity index (χ2n) is 2.44. The molecule has 0 atom stereocenters. The van der Waals surface area contributed by atoms with E-state index >= 15 is 0 Å². The van der Waals surface area contributed by atoms with Gasteiger partial charge in [0.05, 0.1) is 12.2 Å². The van der Waals surface area contributed by atoms with E-state index in [2.05, 4.69) is 0 Å². The van der Waals surface area contributed by atoms with Gasteiger partial charge in [-0.15, -0.1) is 0 Å². The zero-order valence-corrected chi connectivity index (χ0v) is 6.56. The van der Waals surface area contributed by atoms with Crippen LogP contribution in [0.5, 0.6) is 17.2 Å². The quantitative estimate of drug-likeness (QED) is 0.386. The van der Waals surface area contributed by atoms with Crippen LogP contribution in [0.4, 0.5) is 0 Å². The second-order valence-corrected chi connectivity index (χ2v) is 2.44. The van der Waals surface area contributed by atoms with Crippen molar-refractivity contribution in [2.75, 3.05) is 0 Å². The normalized spacial score (nSPS) is 9.92. The fraction of sp³-hybridized carbons (Fsp3) is 0.125. The molecule has 0 saturated heterocycles. The summed E-state index contributed by atoms with van der Waals surface area (Å²) in [5, 5.41) is 35.9. The number of benzene rings is 1. The van der Waals surface area contributed by atoms with Gasteiger partial charge in [-0.2, -0.15) is 0 Å². The lowest BCUT2D eigenvalue weighted by molar-refractivity contribution is 0.111. The topological polar surface area (TPSA) is 98.0 Å². The van der Waals surface area contributed by atoms with E-state index in [-0.39, 0.29) is 11.1 Å². The summed E-state index contributed by atoms with van der Waals surface area (Å²) >= 11 is 0. The Hall–Kier alpha value is -1.75. The molecule has 0 aliphatic carbocycles. The van der Waals surface area contributed by atoms with E-state index in [9.17, 15) is 4.79 Å². The number of aliphatic hydroxyl groups excluding tert-OH is 1. The zero-order chi connectivity index (χ0) is 10.0. The van der Waals surface area contributed by atoms with Gasteiger partial charge in [0.25, 0.3) is 0 Å². The Bertz CT molecular complexity index is 345. The maximum atomic E-state index is 10.4. The third kappa shape index (κ3) is 1.41. The number of phenolic OH excluding ortho intramolecular Hbond substituents is 3. The molecule has 0 fully saturated rings. The van der Waals surface area contributed by atoms with E-state index in [1.165, 1.54) is 0 Å².